The normalized spacial score (nSPS) is 42.3. The molecule has 4 fully saturated rings. The molecule has 1 aliphatic heterocycles. The molecule has 160 valence electrons. The quantitative estimate of drug-likeness (QED) is 0.685. The van der Waals surface area contributed by atoms with Gasteiger partial charge in [-0.05, 0) is 74.5 Å². The minimum absolute atomic E-state index is 0.141. The Balaban J connectivity index is 1.24. The Morgan fingerprint density at radius 2 is 1.72 bits per heavy atom. The van der Waals surface area contributed by atoms with Crippen molar-refractivity contribution in [2.75, 3.05) is 0 Å². The molecule has 4 aliphatic rings. The van der Waals surface area contributed by atoms with Gasteiger partial charge in [-0.1, -0.05) is 25.3 Å². The van der Waals surface area contributed by atoms with Gasteiger partial charge in [-0.25, -0.2) is 0 Å². The summed E-state index contributed by atoms with van der Waals surface area (Å²) in [5.41, 5.74) is 1.76. The maximum atomic E-state index is 9.82. The van der Waals surface area contributed by atoms with Crippen LogP contribution >= 0.6 is 0 Å². The highest BCUT2D eigenvalue weighted by Crippen LogP contribution is 2.53. The van der Waals surface area contributed by atoms with Crippen molar-refractivity contribution < 1.29 is 24.7 Å². The number of aliphatic hydroxyl groups is 1. The first-order valence-corrected chi connectivity index (χ1v) is 11.5. The highest BCUT2D eigenvalue weighted by atomic mass is 17.3. The molecule has 1 aromatic carbocycles. The SMILES string of the molecule is C[C@@]1(C2CC3CCCC(C3)C2)OOC2(CCC(c3ccc(O)c(CO)c3)CC2)O1. The molecule has 5 heteroatoms. The molecule has 1 aromatic rings. The highest BCUT2D eigenvalue weighted by molar-refractivity contribution is 5.37. The second-order valence-electron chi connectivity index (χ2n) is 10.1. The summed E-state index contributed by atoms with van der Waals surface area (Å²) < 4.78 is 6.61. The lowest BCUT2D eigenvalue weighted by molar-refractivity contribution is -0.361. The summed E-state index contributed by atoms with van der Waals surface area (Å²) in [5.74, 6) is 1.40. The van der Waals surface area contributed by atoms with Crippen LogP contribution < -0.4 is 0 Å². The molecule has 0 radical (unpaired) electrons. The molecule has 3 atom stereocenters. The third kappa shape index (κ3) is 3.71. The van der Waals surface area contributed by atoms with E-state index in [1.54, 1.807) is 6.07 Å². The molecule has 2 N–H and O–H groups in total. The van der Waals surface area contributed by atoms with E-state index in [0.29, 0.717) is 17.4 Å². The predicted octanol–water partition coefficient (Wildman–Crippen LogP) is 5.15. The van der Waals surface area contributed by atoms with Crippen molar-refractivity contribution in [3.63, 3.8) is 0 Å². The van der Waals surface area contributed by atoms with Crippen LogP contribution in [0.4, 0.5) is 0 Å². The molecule has 0 amide bonds. The van der Waals surface area contributed by atoms with E-state index in [0.717, 1.165) is 37.5 Å². The Morgan fingerprint density at radius 1 is 1.00 bits per heavy atom. The lowest BCUT2D eigenvalue weighted by Gasteiger charge is -2.44. The number of hydrogen-bond acceptors (Lipinski definition) is 5. The van der Waals surface area contributed by atoms with Gasteiger partial charge in [-0.15, -0.1) is 0 Å². The molecule has 3 aliphatic carbocycles. The summed E-state index contributed by atoms with van der Waals surface area (Å²) in [4.78, 5) is 11.9. The fraction of sp³-hybridized carbons (Fsp3) is 0.750. The van der Waals surface area contributed by atoms with Crippen molar-refractivity contribution in [2.45, 2.75) is 95.2 Å². The fourth-order valence-corrected chi connectivity index (χ4v) is 6.44. The third-order valence-electron chi connectivity index (χ3n) is 8.11. The maximum absolute atomic E-state index is 9.82. The molecule has 5 nitrogen and oxygen atoms in total. The zero-order chi connectivity index (χ0) is 20.1. The van der Waals surface area contributed by atoms with Gasteiger partial charge in [0.2, 0.25) is 11.6 Å². The second kappa shape index (κ2) is 7.52. The zero-order valence-corrected chi connectivity index (χ0v) is 17.4. The number of hydrogen-bond donors (Lipinski definition) is 2. The van der Waals surface area contributed by atoms with Crippen molar-refractivity contribution >= 4 is 0 Å². The van der Waals surface area contributed by atoms with Crippen LogP contribution in [0.3, 0.4) is 0 Å². The Bertz CT molecular complexity index is 729. The molecule has 1 saturated heterocycles. The maximum Gasteiger partial charge on any atom is 0.204 e. The van der Waals surface area contributed by atoms with Gasteiger partial charge in [-0.3, -0.25) is 0 Å². The van der Waals surface area contributed by atoms with E-state index in [1.807, 2.05) is 12.1 Å². The van der Waals surface area contributed by atoms with Crippen LogP contribution in [0.25, 0.3) is 0 Å². The molecule has 3 saturated carbocycles. The summed E-state index contributed by atoms with van der Waals surface area (Å²) in [5, 5.41) is 19.3. The number of phenols is 1. The average Bonchev–Trinajstić information content (AvgIpc) is 3.06. The van der Waals surface area contributed by atoms with Crippen molar-refractivity contribution in [3.05, 3.63) is 29.3 Å². The number of benzene rings is 1. The molecular formula is C24H34O5. The number of aromatic hydroxyl groups is 1. The van der Waals surface area contributed by atoms with Crippen LogP contribution in [-0.2, 0) is 21.1 Å². The van der Waals surface area contributed by atoms with Crippen LogP contribution in [-0.4, -0.2) is 21.8 Å². The van der Waals surface area contributed by atoms with Crippen LogP contribution in [0.15, 0.2) is 18.2 Å². The first kappa shape index (κ1) is 19.8. The highest BCUT2D eigenvalue weighted by Gasteiger charge is 2.56. The van der Waals surface area contributed by atoms with Gasteiger partial charge in [0.15, 0.2) is 0 Å². The molecule has 29 heavy (non-hydrogen) atoms. The molecule has 1 spiro atoms. The second-order valence-corrected chi connectivity index (χ2v) is 10.1. The van der Waals surface area contributed by atoms with Gasteiger partial charge in [-0.2, -0.15) is 9.78 Å². The van der Waals surface area contributed by atoms with Crippen LogP contribution in [0.5, 0.6) is 5.75 Å². The Labute approximate surface area is 173 Å². The lowest BCUT2D eigenvalue weighted by atomic mass is 9.66. The van der Waals surface area contributed by atoms with E-state index in [-0.39, 0.29) is 12.4 Å². The number of rotatable bonds is 3. The summed E-state index contributed by atoms with van der Waals surface area (Å²) >= 11 is 0. The van der Waals surface area contributed by atoms with Gasteiger partial charge >= 0.3 is 0 Å². The molecule has 2 unspecified atom stereocenters. The zero-order valence-electron chi connectivity index (χ0n) is 17.4. The summed E-state index contributed by atoms with van der Waals surface area (Å²) in [6.07, 6.45) is 11.4. The van der Waals surface area contributed by atoms with E-state index >= 15 is 0 Å². The standard InChI is InChI=1S/C24H34O5/c1-23(21-12-16-3-2-4-17(11-16)13-21)27-24(29-28-23)9-7-18(8-10-24)19-5-6-22(26)20(14-19)15-25/h5-6,14,16-18,21,25-26H,2-4,7-13,15H2,1H3/t16?,17?,18?,21?,23-,24?/m0/s1. The van der Waals surface area contributed by atoms with E-state index in [1.165, 1.54) is 44.1 Å². The number of ether oxygens (including phenoxy) is 1. The summed E-state index contributed by atoms with van der Waals surface area (Å²) in [7, 11) is 0. The van der Waals surface area contributed by atoms with E-state index in [9.17, 15) is 10.2 Å². The minimum Gasteiger partial charge on any atom is -0.508 e. The third-order valence-corrected chi connectivity index (χ3v) is 8.11. The first-order chi connectivity index (χ1) is 14.0. The van der Waals surface area contributed by atoms with Crippen LogP contribution in [0.2, 0.25) is 0 Å². The van der Waals surface area contributed by atoms with Crippen molar-refractivity contribution in [3.8, 4) is 5.75 Å². The van der Waals surface area contributed by atoms with Crippen molar-refractivity contribution in [1.82, 2.24) is 0 Å². The van der Waals surface area contributed by atoms with Crippen molar-refractivity contribution in [2.24, 2.45) is 17.8 Å². The predicted molar refractivity (Wildman–Crippen MR) is 108 cm³/mol. The molecule has 5 rings (SSSR count). The molecular weight excluding hydrogens is 368 g/mol. The average molecular weight is 403 g/mol. The number of fused-ring (bicyclic) bond motifs is 2. The van der Waals surface area contributed by atoms with Crippen LogP contribution in [0, 0.1) is 17.8 Å². The summed E-state index contributed by atoms with van der Waals surface area (Å²) in [6.45, 7) is 1.95. The monoisotopic (exact) mass is 402 g/mol. The molecule has 1 heterocycles. The smallest absolute Gasteiger partial charge is 0.204 e. The van der Waals surface area contributed by atoms with E-state index in [2.05, 4.69) is 6.92 Å². The van der Waals surface area contributed by atoms with Gasteiger partial charge in [0.05, 0.1) is 6.61 Å². The summed E-state index contributed by atoms with van der Waals surface area (Å²) in [6, 6.07) is 5.58. The van der Waals surface area contributed by atoms with Crippen molar-refractivity contribution in [1.29, 1.82) is 0 Å². The molecule has 2 bridgehead atoms. The Kier molecular flexibility index (Phi) is 5.14. The number of aliphatic hydroxyl groups excluding tert-OH is 1. The Morgan fingerprint density at radius 3 is 2.41 bits per heavy atom. The topological polar surface area (TPSA) is 68.2 Å². The largest absolute Gasteiger partial charge is 0.508 e. The van der Waals surface area contributed by atoms with Gasteiger partial charge in [0.25, 0.3) is 0 Å². The van der Waals surface area contributed by atoms with Gasteiger partial charge in [0, 0.05) is 24.3 Å². The Hall–Kier alpha value is -1.14. The fourth-order valence-electron chi connectivity index (χ4n) is 6.44. The minimum atomic E-state index is -0.621. The van der Waals surface area contributed by atoms with E-state index in [4.69, 9.17) is 14.5 Å². The van der Waals surface area contributed by atoms with E-state index < -0.39 is 11.6 Å². The molecule has 0 aromatic heterocycles. The van der Waals surface area contributed by atoms with Gasteiger partial charge < -0.3 is 14.9 Å². The van der Waals surface area contributed by atoms with Crippen LogP contribution in [0.1, 0.15) is 88.2 Å². The first-order valence-electron chi connectivity index (χ1n) is 11.5. The van der Waals surface area contributed by atoms with Gasteiger partial charge in [0.1, 0.15) is 5.75 Å². The lowest BCUT2D eigenvalue weighted by Crippen LogP contribution is -2.45.